The zero-order chi connectivity index (χ0) is 12.2. The summed E-state index contributed by atoms with van der Waals surface area (Å²) < 4.78 is 4.62. The zero-order valence-electron chi connectivity index (χ0n) is 8.29. The van der Waals surface area contributed by atoms with Crippen molar-refractivity contribution >= 4 is 45.9 Å². The molecule has 0 spiro atoms. The first-order chi connectivity index (χ1) is 8.09. The zero-order valence-corrected chi connectivity index (χ0v) is 9.80. The second kappa shape index (κ2) is 3.45. The van der Waals surface area contributed by atoms with Gasteiger partial charge >= 0.3 is 11.9 Å². The molecule has 0 unspecified atom stereocenters. The summed E-state index contributed by atoms with van der Waals surface area (Å²) in [6.07, 6.45) is 0. The van der Waals surface area contributed by atoms with E-state index in [0.717, 1.165) is 0 Å². The lowest BCUT2D eigenvalue weighted by atomic mass is 9.97. The predicted octanol–water partition coefficient (Wildman–Crippen LogP) is 3.46. The summed E-state index contributed by atoms with van der Waals surface area (Å²) in [5, 5.41) is 1.77. The highest BCUT2D eigenvalue weighted by Gasteiger charge is 2.28. The Kier molecular flexibility index (Phi) is 2.15. The Morgan fingerprint density at radius 1 is 0.765 bits per heavy atom. The van der Waals surface area contributed by atoms with E-state index in [2.05, 4.69) is 4.74 Å². The van der Waals surface area contributed by atoms with E-state index in [1.807, 2.05) is 0 Å². The lowest BCUT2D eigenvalue weighted by Gasteiger charge is -2.16. The van der Waals surface area contributed by atoms with Crippen molar-refractivity contribution in [2.24, 2.45) is 0 Å². The van der Waals surface area contributed by atoms with Gasteiger partial charge in [0.25, 0.3) is 0 Å². The Balaban J connectivity index is 2.61. The SMILES string of the molecule is O=C1OC(=O)c2ccc(Cl)c3c(Cl)ccc1c23. The first-order valence-electron chi connectivity index (χ1n) is 4.77. The summed E-state index contributed by atoms with van der Waals surface area (Å²) in [6.45, 7) is 0. The van der Waals surface area contributed by atoms with Crippen molar-refractivity contribution < 1.29 is 14.3 Å². The fraction of sp³-hybridized carbons (Fsp3) is 0. The van der Waals surface area contributed by atoms with E-state index in [0.29, 0.717) is 31.9 Å². The number of hydrogen-bond donors (Lipinski definition) is 0. The van der Waals surface area contributed by atoms with Gasteiger partial charge in [0.1, 0.15) is 0 Å². The van der Waals surface area contributed by atoms with Crippen LogP contribution in [0.1, 0.15) is 20.7 Å². The summed E-state index contributed by atoms with van der Waals surface area (Å²) in [7, 11) is 0. The first kappa shape index (κ1) is 10.6. The Bertz CT molecular complexity index is 637. The number of carbonyl (C=O) groups is 2. The normalized spacial score (nSPS) is 14.0. The van der Waals surface area contributed by atoms with E-state index >= 15 is 0 Å². The van der Waals surface area contributed by atoms with Gasteiger partial charge in [-0.15, -0.1) is 0 Å². The van der Waals surface area contributed by atoms with E-state index in [1.165, 1.54) is 12.1 Å². The molecule has 5 heteroatoms. The third-order valence-electron chi connectivity index (χ3n) is 2.68. The minimum atomic E-state index is -0.675. The van der Waals surface area contributed by atoms with Crippen LogP contribution in [-0.4, -0.2) is 11.9 Å². The van der Waals surface area contributed by atoms with Crippen LogP contribution in [0.4, 0.5) is 0 Å². The minimum Gasteiger partial charge on any atom is -0.386 e. The second-order valence-corrected chi connectivity index (χ2v) is 4.43. The molecule has 84 valence electrons. The molecule has 0 saturated heterocycles. The highest BCUT2D eigenvalue weighted by atomic mass is 35.5. The number of esters is 2. The molecule has 1 aliphatic heterocycles. The minimum absolute atomic E-state index is 0.307. The monoisotopic (exact) mass is 266 g/mol. The predicted molar refractivity (Wildman–Crippen MR) is 63.7 cm³/mol. The van der Waals surface area contributed by atoms with Crippen molar-refractivity contribution in [1.29, 1.82) is 0 Å². The molecule has 0 N–H and O–H groups in total. The molecule has 0 atom stereocenters. The number of carbonyl (C=O) groups excluding carboxylic acids is 2. The van der Waals surface area contributed by atoms with Gasteiger partial charge in [-0.3, -0.25) is 0 Å². The fourth-order valence-corrected chi connectivity index (χ4v) is 2.51. The second-order valence-electron chi connectivity index (χ2n) is 3.62. The number of ether oxygens (including phenoxy) is 1. The van der Waals surface area contributed by atoms with Crippen LogP contribution in [0.5, 0.6) is 0 Å². The van der Waals surface area contributed by atoms with Crippen molar-refractivity contribution in [2.75, 3.05) is 0 Å². The average Bonchev–Trinajstić information content (AvgIpc) is 2.28. The Labute approximate surface area is 106 Å². The number of hydrogen-bond acceptors (Lipinski definition) is 3. The Hall–Kier alpha value is -1.58. The molecular weight excluding hydrogens is 263 g/mol. The molecule has 0 amide bonds. The molecule has 0 fully saturated rings. The summed E-state index contributed by atoms with van der Waals surface area (Å²) >= 11 is 12.1. The number of rotatable bonds is 0. The van der Waals surface area contributed by atoms with Gasteiger partial charge in [0.2, 0.25) is 0 Å². The molecule has 0 radical (unpaired) electrons. The molecule has 3 rings (SSSR count). The van der Waals surface area contributed by atoms with E-state index in [1.54, 1.807) is 12.1 Å². The van der Waals surface area contributed by atoms with Gasteiger partial charge in [-0.2, -0.15) is 0 Å². The van der Waals surface area contributed by atoms with Crippen LogP contribution in [0.2, 0.25) is 10.0 Å². The largest absolute Gasteiger partial charge is 0.386 e. The molecule has 0 aromatic heterocycles. The Morgan fingerprint density at radius 3 is 1.71 bits per heavy atom. The van der Waals surface area contributed by atoms with Crippen LogP contribution in [-0.2, 0) is 4.74 Å². The maximum atomic E-state index is 11.6. The van der Waals surface area contributed by atoms with E-state index in [4.69, 9.17) is 23.2 Å². The lowest BCUT2D eigenvalue weighted by Crippen LogP contribution is -2.19. The molecule has 0 saturated carbocycles. The van der Waals surface area contributed by atoms with Crippen LogP contribution < -0.4 is 0 Å². The van der Waals surface area contributed by atoms with Gasteiger partial charge in [-0.25, -0.2) is 9.59 Å². The van der Waals surface area contributed by atoms with E-state index in [-0.39, 0.29) is 0 Å². The highest BCUT2D eigenvalue weighted by molar-refractivity contribution is 6.44. The first-order valence-corrected chi connectivity index (χ1v) is 5.52. The highest BCUT2D eigenvalue weighted by Crippen LogP contribution is 2.37. The quantitative estimate of drug-likeness (QED) is 0.542. The fourth-order valence-electron chi connectivity index (χ4n) is 1.95. The van der Waals surface area contributed by atoms with Crippen LogP contribution >= 0.6 is 23.2 Å². The van der Waals surface area contributed by atoms with Crippen molar-refractivity contribution in [3.05, 3.63) is 45.4 Å². The summed E-state index contributed by atoms with van der Waals surface area (Å²) in [5.74, 6) is -1.35. The summed E-state index contributed by atoms with van der Waals surface area (Å²) in [5.41, 5.74) is 0.614. The molecule has 1 heterocycles. The van der Waals surface area contributed by atoms with Gasteiger partial charge in [-0.1, -0.05) is 23.2 Å². The molecule has 0 bridgehead atoms. The number of cyclic esters (lactones) is 2. The van der Waals surface area contributed by atoms with Crippen molar-refractivity contribution in [3.8, 4) is 0 Å². The van der Waals surface area contributed by atoms with E-state index < -0.39 is 11.9 Å². The maximum absolute atomic E-state index is 11.6. The molecule has 3 nitrogen and oxygen atoms in total. The maximum Gasteiger partial charge on any atom is 0.346 e. The third-order valence-corrected chi connectivity index (χ3v) is 3.31. The van der Waals surface area contributed by atoms with Crippen LogP contribution in [0.25, 0.3) is 10.8 Å². The average molecular weight is 267 g/mol. The van der Waals surface area contributed by atoms with Crippen molar-refractivity contribution in [3.63, 3.8) is 0 Å². The van der Waals surface area contributed by atoms with Crippen molar-refractivity contribution in [2.45, 2.75) is 0 Å². The summed E-state index contributed by atoms with van der Waals surface area (Å²) in [6, 6.07) is 6.18. The van der Waals surface area contributed by atoms with Gasteiger partial charge in [0.15, 0.2) is 0 Å². The van der Waals surface area contributed by atoms with Crippen LogP contribution in [0.15, 0.2) is 24.3 Å². The van der Waals surface area contributed by atoms with Crippen LogP contribution in [0, 0.1) is 0 Å². The van der Waals surface area contributed by atoms with Crippen LogP contribution in [0.3, 0.4) is 0 Å². The smallest absolute Gasteiger partial charge is 0.346 e. The Morgan fingerprint density at radius 2 is 1.24 bits per heavy atom. The molecule has 2 aromatic rings. The molecule has 0 aliphatic carbocycles. The van der Waals surface area contributed by atoms with Gasteiger partial charge in [0, 0.05) is 20.8 Å². The number of benzene rings is 2. The third kappa shape index (κ3) is 1.36. The molecule has 1 aliphatic rings. The standard InChI is InChI=1S/C12H4Cl2O3/c13-7-3-1-5-9-6(12(16)17-11(5)15)2-4-8(14)10(7)9/h1-4H. The van der Waals surface area contributed by atoms with Gasteiger partial charge in [0.05, 0.1) is 11.1 Å². The molecular formula is C12H4Cl2O3. The summed E-state index contributed by atoms with van der Waals surface area (Å²) in [4.78, 5) is 23.2. The van der Waals surface area contributed by atoms with Gasteiger partial charge < -0.3 is 4.74 Å². The van der Waals surface area contributed by atoms with Crippen molar-refractivity contribution in [1.82, 2.24) is 0 Å². The topological polar surface area (TPSA) is 43.4 Å². The molecule has 17 heavy (non-hydrogen) atoms. The van der Waals surface area contributed by atoms with Gasteiger partial charge in [-0.05, 0) is 24.3 Å². The number of halogens is 2. The van der Waals surface area contributed by atoms with E-state index in [9.17, 15) is 9.59 Å². The lowest BCUT2D eigenvalue weighted by molar-refractivity contribution is 0.0391. The molecule has 2 aromatic carbocycles.